The summed E-state index contributed by atoms with van der Waals surface area (Å²) in [6.07, 6.45) is 0.726. The topological polar surface area (TPSA) is 55.4 Å². The number of ether oxygens (including phenoxy) is 1. The highest BCUT2D eigenvalue weighted by Gasteiger charge is 2.26. The Labute approximate surface area is 112 Å². The summed E-state index contributed by atoms with van der Waals surface area (Å²) >= 11 is 0. The fraction of sp³-hybridized carbons (Fsp3) is 0.429. The molecule has 5 heteroatoms. The maximum Gasteiger partial charge on any atom is 0.328 e. The largest absolute Gasteiger partial charge is 0.467 e. The van der Waals surface area contributed by atoms with E-state index in [1.54, 1.807) is 0 Å². The molecular formula is C14H18FNO3. The number of esters is 1. The van der Waals surface area contributed by atoms with Crippen molar-refractivity contribution in [3.8, 4) is 0 Å². The second kappa shape index (κ2) is 6.87. The Morgan fingerprint density at radius 1 is 1.32 bits per heavy atom. The van der Waals surface area contributed by atoms with Gasteiger partial charge in [0.25, 0.3) is 5.91 Å². The van der Waals surface area contributed by atoms with Crippen LogP contribution in [0.25, 0.3) is 0 Å². The van der Waals surface area contributed by atoms with Crippen molar-refractivity contribution in [2.75, 3.05) is 7.11 Å². The molecule has 0 spiro atoms. The van der Waals surface area contributed by atoms with Gasteiger partial charge in [0.1, 0.15) is 11.9 Å². The van der Waals surface area contributed by atoms with Crippen molar-refractivity contribution in [2.24, 2.45) is 5.92 Å². The average Bonchev–Trinajstić information content (AvgIpc) is 2.43. The van der Waals surface area contributed by atoms with Crippen LogP contribution in [0.3, 0.4) is 0 Å². The Hall–Kier alpha value is -1.91. The molecule has 1 aromatic carbocycles. The molecule has 0 saturated heterocycles. The van der Waals surface area contributed by atoms with Crippen molar-refractivity contribution in [2.45, 2.75) is 26.3 Å². The fourth-order valence-electron chi connectivity index (χ4n) is 1.62. The monoisotopic (exact) mass is 267 g/mol. The third-order valence-electron chi connectivity index (χ3n) is 3.06. The highest BCUT2D eigenvalue weighted by molar-refractivity contribution is 5.96. The Bertz CT molecular complexity index is 445. The number of carbonyl (C=O) groups excluding carboxylic acids is 2. The summed E-state index contributed by atoms with van der Waals surface area (Å²) < 4.78 is 17.4. The van der Waals surface area contributed by atoms with E-state index in [4.69, 9.17) is 0 Å². The van der Waals surface area contributed by atoms with E-state index >= 15 is 0 Å². The molecule has 0 saturated carbocycles. The van der Waals surface area contributed by atoms with Crippen LogP contribution in [0.15, 0.2) is 24.3 Å². The maximum absolute atomic E-state index is 12.8. The standard InChI is InChI=1S/C14H18FNO3/c1-4-9(2)12(14(18)19-3)16-13(17)10-5-7-11(15)8-6-10/h5-9,12H,4H2,1-3H3,(H,16,17)/t9-,12-/m0/s1. The zero-order valence-electron chi connectivity index (χ0n) is 11.3. The molecule has 0 aliphatic rings. The van der Waals surface area contributed by atoms with Crippen LogP contribution in [0, 0.1) is 11.7 Å². The Morgan fingerprint density at radius 2 is 1.89 bits per heavy atom. The van der Waals surface area contributed by atoms with Crippen molar-refractivity contribution in [3.63, 3.8) is 0 Å². The van der Waals surface area contributed by atoms with Gasteiger partial charge in [0, 0.05) is 5.56 Å². The molecule has 1 amide bonds. The minimum Gasteiger partial charge on any atom is -0.467 e. The highest BCUT2D eigenvalue weighted by Crippen LogP contribution is 2.11. The fourth-order valence-corrected chi connectivity index (χ4v) is 1.62. The minimum absolute atomic E-state index is 0.0446. The van der Waals surface area contributed by atoms with Gasteiger partial charge in [-0.25, -0.2) is 9.18 Å². The van der Waals surface area contributed by atoms with Crippen molar-refractivity contribution in [1.29, 1.82) is 0 Å². The summed E-state index contributed by atoms with van der Waals surface area (Å²) in [7, 11) is 1.28. The van der Waals surface area contributed by atoms with Crippen LogP contribution in [-0.4, -0.2) is 25.0 Å². The first-order valence-electron chi connectivity index (χ1n) is 6.13. The average molecular weight is 267 g/mol. The van der Waals surface area contributed by atoms with Gasteiger partial charge in [-0.05, 0) is 30.2 Å². The van der Waals surface area contributed by atoms with Gasteiger partial charge in [-0.15, -0.1) is 0 Å². The first-order valence-corrected chi connectivity index (χ1v) is 6.13. The number of amides is 1. The molecule has 1 aromatic rings. The Kier molecular flexibility index (Phi) is 5.48. The van der Waals surface area contributed by atoms with E-state index in [2.05, 4.69) is 10.1 Å². The van der Waals surface area contributed by atoms with E-state index < -0.39 is 23.7 Å². The van der Waals surface area contributed by atoms with Gasteiger partial charge in [-0.2, -0.15) is 0 Å². The number of halogens is 1. The van der Waals surface area contributed by atoms with Crippen LogP contribution in [-0.2, 0) is 9.53 Å². The molecule has 2 atom stereocenters. The summed E-state index contributed by atoms with van der Waals surface area (Å²) in [6, 6.07) is 4.44. The van der Waals surface area contributed by atoms with Crippen molar-refractivity contribution in [3.05, 3.63) is 35.6 Å². The van der Waals surface area contributed by atoms with E-state index in [1.807, 2.05) is 13.8 Å². The zero-order valence-corrected chi connectivity index (χ0v) is 11.3. The number of methoxy groups -OCH3 is 1. The number of carbonyl (C=O) groups is 2. The summed E-state index contributed by atoms with van der Waals surface area (Å²) in [5.41, 5.74) is 0.304. The molecule has 4 nitrogen and oxygen atoms in total. The van der Waals surface area contributed by atoms with Crippen LogP contribution in [0.4, 0.5) is 4.39 Å². The number of benzene rings is 1. The van der Waals surface area contributed by atoms with Crippen LogP contribution < -0.4 is 5.32 Å². The molecule has 19 heavy (non-hydrogen) atoms. The summed E-state index contributed by atoms with van der Waals surface area (Å²) in [4.78, 5) is 23.6. The number of rotatable bonds is 5. The van der Waals surface area contributed by atoms with Gasteiger partial charge in [-0.1, -0.05) is 20.3 Å². The number of hydrogen-bond acceptors (Lipinski definition) is 3. The van der Waals surface area contributed by atoms with Gasteiger partial charge in [0.15, 0.2) is 0 Å². The molecule has 1 rings (SSSR count). The lowest BCUT2D eigenvalue weighted by Crippen LogP contribution is -2.45. The van der Waals surface area contributed by atoms with Gasteiger partial charge >= 0.3 is 5.97 Å². The molecule has 0 heterocycles. The van der Waals surface area contributed by atoms with Crippen LogP contribution >= 0.6 is 0 Å². The lowest BCUT2D eigenvalue weighted by Gasteiger charge is -2.21. The third-order valence-corrected chi connectivity index (χ3v) is 3.06. The number of nitrogens with one attached hydrogen (secondary N) is 1. The Balaban J connectivity index is 2.81. The predicted molar refractivity (Wildman–Crippen MR) is 69.1 cm³/mol. The first-order chi connectivity index (χ1) is 8.99. The quantitative estimate of drug-likeness (QED) is 0.832. The molecule has 0 bridgehead atoms. The lowest BCUT2D eigenvalue weighted by atomic mass is 9.99. The predicted octanol–water partition coefficient (Wildman–Crippen LogP) is 2.14. The maximum atomic E-state index is 12.8. The number of hydrogen-bond donors (Lipinski definition) is 1. The van der Waals surface area contributed by atoms with E-state index in [-0.39, 0.29) is 5.92 Å². The molecule has 0 aliphatic carbocycles. The summed E-state index contributed by atoms with van der Waals surface area (Å²) in [6.45, 7) is 3.77. The van der Waals surface area contributed by atoms with Crippen molar-refractivity contribution >= 4 is 11.9 Å². The molecule has 1 N–H and O–H groups in total. The molecule has 0 aromatic heterocycles. The van der Waals surface area contributed by atoms with Gasteiger partial charge in [0.05, 0.1) is 7.11 Å². The lowest BCUT2D eigenvalue weighted by molar-refractivity contribution is -0.144. The van der Waals surface area contributed by atoms with Crippen LogP contribution in [0.5, 0.6) is 0 Å². The van der Waals surface area contributed by atoms with E-state index in [0.29, 0.717) is 5.56 Å². The van der Waals surface area contributed by atoms with E-state index in [0.717, 1.165) is 6.42 Å². The van der Waals surface area contributed by atoms with E-state index in [9.17, 15) is 14.0 Å². The van der Waals surface area contributed by atoms with Crippen molar-refractivity contribution in [1.82, 2.24) is 5.32 Å². The van der Waals surface area contributed by atoms with Gasteiger partial charge in [-0.3, -0.25) is 4.79 Å². The third kappa shape index (κ3) is 4.05. The van der Waals surface area contributed by atoms with Gasteiger partial charge in [0.2, 0.25) is 0 Å². The highest BCUT2D eigenvalue weighted by atomic mass is 19.1. The second-order valence-electron chi connectivity index (χ2n) is 4.37. The molecule has 0 unspecified atom stereocenters. The summed E-state index contributed by atoms with van der Waals surface area (Å²) in [5.74, 6) is -1.36. The SMILES string of the molecule is CC[C@H](C)[C@H](NC(=O)c1ccc(F)cc1)C(=O)OC. The first kappa shape index (κ1) is 15.1. The molecule has 0 fully saturated rings. The molecule has 0 radical (unpaired) electrons. The Morgan fingerprint density at radius 3 is 2.37 bits per heavy atom. The zero-order chi connectivity index (χ0) is 14.4. The molecule has 104 valence electrons. The molecular weight excluding hydrogens is 249 g/mol. The van der Waals surface area contributed by atoms with E-state index in [1.165, 1.54) is 31.4 Å². The summed E-state index contributed by atoms with van der Waals surface area (Å²) in [5, 5.41) is 2.62. The minimum atomic E-state index is -0.701. The normalized spacial score (nSPS) is 13.5. The van der Waals surface area contributed by atoms with Crippen LogP contribution in [0.2, 0.25) is 0 Å². The van der Waals surface area contributed by atoms with Crippen molar-refractivity contribution < 1.29 is 18.7 Å². The van der Waals surface area contributed by atoms with Crippen LogP contribution in [0.1, 0.15) is 30.6 Å². The second-order valence-corrected chi connectivity index (χ2v) is 4.37. The smallest absolute Gasteiger partial charge is 0.328 e. The molecule has 0 aliphatic heterocycles. The van der Waals surface area contributed by atoms with Gasteiger partial charge < -0.3 is 10.1 Å².